The Bertz CT molecular complexity index is 617. The molecule has 0 unspecified atom stereocenters. The van der Waals surface area contributed by atoms with E-state index in [-0.39, 0.29) is 11.8 Å². The largest absolute Gasteiger partial charge is 0.379 e. The number of aryl methyl sites for hydroxylation is 1. The van der Waals surface area contributed by atoms with Crippen molar-refractivity contribution in [3.8, 4) is 0 Å². The van der Waals surface area contributed by atoms with Crippen LogP contribution in [0.2, 0.25) is 0 Å². The molecule has 1 atom stereocenters. The molecule has 1 aromatic rings. The molecule has 0 spiro atoms. The zero-order chi connectivity index (χ0) is 16.4. The second kappa shape index (κ2) is 6.98. The maximum Gasteiger partial charge on any atom is 0.246 e. The van der Waals surface area contributed by atoms with Crippen molar-refractivity contribution in [2.45, 2.75) is 13.3 Å². The highest BCUT2D eigenvalue weighted by Crippen LogP contribution is 2.30. The number of hydrogen-bond acceptors (Lipinski definition) is 4. The summed E-state index contributed by atoms with van der Waals surface area (Å²) in [5.41, 5.74) is 4.74. The summed E-state index contributed by atoms with van der Waals surface area (Å²) < 4.78 is 6.18. The Morgan fingerprint density at radius 3 is 2.78 bits per heavy atom. The monoisotopic (exact) mass is 381 g/mol. The van der Waals surface area contributed by atoms with Gasteiger partial charge in [-0.1, -0.05) is 22.0 Å². The maximum atomic E-state index is 12.7. The molecular formula is C16H20BrN3O3. The molecule has 2 fully saturated rings. The molecule has 124 valence electrons. The number of carbonyl (C=O) groups excluding carboxylic acids is 2. The van der Waals surface area contributed by atoms with Gasteiger partial charge in [-0.3, -0.25) is 15.0 Å². The lowest BCUT2D eigenvalue weighted by Gasteiger charge is -2.28. The number of benzene rings is 1. The smallest absolute Gasteiger partial charge is 0.246 e. The summed E-state index contributed by atoms with van der Waals surface area (Å²) in [4.78, 5) is 26.8. The molecule has 0 radical (unpaired) electrons. The van der Waals surface area contributed by atoms with Gasteiger partial charge in [-0.25, -0.2) is 5.01 Å². The number of hydrazine groups is 1. The highest BCUT2D eigenvalue weighted by molar-refractivity contribution is 9.10. The van der Waals surface area contributed by atoms with E-state index >= 15 is 0 Å². The molecule has 0 aliphatic carbocycles. The Morgan fingerprint density at radius 2 is 2.04 bits per heavy atom. The molecule has 2 aliphatic heterocycles. The fraction of sp³-hybridized carbons (Fsp3) is 0.500. The minimum absolute atomic E-state index is 0.128. The zero-order valence-corrected chi connectivity index (χ0v) is 14.6. The number of rotatable bonds is 3. The summed E-state index contributed by atoms with van der Waals surface area (Å²) in [7, 11) is 0. The van der Waals surface area contributed by atoms with Crippen LogP contribution in [-0.4, -0.2) is 49.7 Å². The van der Waals surface area contributed by atoms with Crippen molar-refractivity contribution in [3.63, 3.8) is 0 Å². The summed E-state index contributed by atoms with van der Waals surface area (Å²) in [6.45, 7) is 5.04. The van der Waals surface area contributed by atoms with Crippen molar-refractivity contribution in [3.05, 3.63) is 28.2 Å². The SMILES string of the molecule is Cc1ccc(Br)cc1N1CC[C@@H](C(=O)NN2CCOCC2)C1=O. The van der Waals surface area contributed by atoms with Crippen molar-refractivity contribution in [2.75, 3.05) is 37.7 Å². The molecule has 0 saturated carbocycles. The minimum Gasteiger partial charge on any atom is -0.379 e. The van der Waals surface area contributed by atoms with Crippen molar-refractivity contribution in [1.82, 2.24) is 10.4 Å². The van der Waals surface area contributed by atoms with E-state index in [1.807, 2.05) is 30.1 Å². The Hall–Kier alpha value is -1.44. The number of nitrogens with zero attached hydrogens (tertiary/aromatic N) is 2. The van der Waals surface area contributed by atoms with Crippen LogP contribution in [0.4, 0.5) is 5.69 Å². The molecule has 1 aromatic carbocycles. The average Bonchev–Trinajstić information content (AvgIpc) is 2.92. The van der Waals surface area contributed by atoms with Gasteiger partial charge in [0.2, 0.25) is 11.8 Å². The topological polar surface area (TPSA) is 61.9 Å². The Morgan fingerprint density at radius 1 is 1.30 bits per heavy atom. The molecule has 6 nitrogen and oxygen atoms in total. The number of anilines is 1. The van der Waals surface area contributed by atoms with Crippen LogP contribution in [-0.2, 0) is 14.3 Å². The summed E-state index contributed by atoms with van der Waals surface area (Å²) in [6, 6.07) is 5.84. The molecule has 2 amide bonds. The first-order valence-corrected chi connectivity index (χ1v) is 8.56. The van der Waals surface area contributed by atoms with E-state index in [1.165, 1.54) is 0 Å². The third kappa shape index (κ3) is 3.57. The van der Waals surface area contributed by atoms with E-state index in [9.17, 15) is 9.59 Å². The van der Waals surface area contributed by atoms with E-state index in [0.717, 1.165) is 15.7 Å². The van der Waals surface area contributed by atoms with Crippen LogP contribution in [0.3, 0.4) is 0 Å². The van der Waals surface area contributed by atoms with Crippen LogP contribution in [0.1, 0.15) is 12.0 Å². The highest BCUT2D eigenvalue weighted by Gasteiger charge is 2.38. The van der Waals surface area contributed by atoms with Gasteiger partial charge in [0.25, 0.3) is 0 Å². The van der Waals surface area contributed by atoms with Gasteiger partial charge in [0.1, 0.15) is 5.92 Å². The van der Waals surface area contributed by atoms with Crippen molar-refractivity contribution >= 4 is 33.4 Å². The number of amides is 2. The van der Waals surface area contributed by atoms with Crippen LogP contribution in [0, 0.1) is 12.8 Å². The predicted molar refractivity (Wildman–Crippen MR) is 89.9 cm³/mol. The van der Waals surface area contributed by atoms with Crippen LogP contribution in [0.25, 0.3) is 0 Å². The first-order valence-electron chi connectivity index (χ1n) is 7.77. The molecule has 7 heteroatoms. The molecule has 2 aliphatic rings. The van der Waals surface area contributed by atoms with E-state index in [0.29, 0.717) is 39.3 Å². The van der Waals surface area contributed by atoms with Gasteiger partial charge in [0.15, 0.2) is 0 Å². The van der Waals surface area contributed by atoms with Crippen LogP contribution < -0.4 is 10.3 Å². The second-order valence-corrected chi connectivity index (χ2v) is 6.75. The van der Waals surface area contributed by atoms with Crippen LogP contribution in [0.5, 0.6) is 0 Å². The van der Waals surface area contributed by atoms with Crippen molar-refractivity contribution in [2.24, 2.45) is 5.92 Å². The Labute approximate surface area is 143 Å². The summed E-state index contributed by atoms with van der Waals surface area (Å²) in [6.07, 6.45) is 0.543. The van der Waals surface area contributed by atoms with E-state index in [4.69, 9.17) is 4.74 Å². The van der Waals surface area contributed by atoms with E-state index < -0.39 is 5.92 Å². The first kappa shape index (κ1) is 16.4. The molecule has 2 heterocycles. The van der Waals surface area contributed by atoms with Crippen LogP contribution >= 0.6 is 15.9 Å². The van der Waals surface area contributed by atoms with Crippen molar-refractivity contribution < 1.29 is 14.3 Å². The first-order chi connectivity index (χ1) is 11.1. The standard InChI is InChI=1S/C16H20BrN3O3/c1-11-2-3-12(17)10-14(11)20-5-4-13(16(20)22)15(21)18-19-6-8-23-9-7-19/h2-3,10,13H,4-9H2,1H3,(H,18,21)/t13-/m0/s1. The van der Waals surface area contributed by atoms with Gasteiger partial charge in [-0.2, -0.15) is 0 Å². The molecule has 23 heavy (non-hydrogen) atoms. The zero-order valence-electron chi connectivity index (χ0n) is 13.0. The van der Waals surface area contributed by atoms with Gasteiger partial charge >= 0.3 is 0 Å². The van der Waals surface area contributed by atoms with Gasteiger partial charge in [0, 0.05) is 29.8 Å². The number of halogens is 1. The Balaban J connectivity index is 1.68. The van der Waals surface area contributed by atoms with Gasteiger partial charge in [-0.15, -0.1) is 0 Å². The Kier molecular flexibility index (Phi) is 4.99. The third-order valence-electron chi connectivity index (χ3n) is 4.26. The van der Waals surface area contributed by atoms with Gasteiger partial charge < -0.3 is 9.64 Å². The van der Waals surface area contributed by atoms with Gasteiger partial charge in [0.05, 0.1) is 13.2 Å². The number of nitrogens with one attached hydrogen (secondary N) is 1. The number of ether oxygens (including phenoxy) is 1. The summed E-state index contributed by atoms with van der Waals surface area (Å²) in [5, 5.41) is 1.83. The lowest BCUT2D eigenvalue weighted by atomic mass is 10.1. The molecule has 3 rings (SSSR count). The molecule has 2 saturated heterocycles. The van der Waals surface area contributed by atoms with Crippen LogP contribution in [0.15, 0.2) is 22.7 Å². The number of hydrogen-bond donors (Lipinski definition) is 1. The summed E-state index contributed by atoms with van der Waals surface area (Å²) in [5.74, 6) is -0.958. The molecular weight excluding hydrogens is 362 g/mol. The van der Waals surface area contributed by atoms with Gasteiger partial charge in [-0.05, 0) is 31.0 Å². The second-order valence-electron chi connectivity index (χ2n) is 5.84. The maximum absolute atomic E-state index is 12.7. The minimum atomic E-state index is -0.615. The quantitative estimate of drug-likeness (QED) is 0.805. The third-order valence-corrected chi connectivity index (χ3v) is 4.76. The van der Waals surface area contributed by atoms with E-state index in [2.05, 4.69) is 21.4 Å². The fourth-order valence-corrected chi connectivity index (χ4v) is 3.29. The van der Waals surface area contributed by atoms with Crippen molar-refractivity contribution in [1.29, 1.82) is 0 Å². The molecule has 0 aromatic heterocycles. The lowest BCUT2D eigenvalue weighted by molar-refractivity contribution is -0.137. The number of carbonyl (C=O) groups is 2. The summed E-state index contributed by atoms with van der Waals surface area (Å²) >= 11 is 3.44. The average molecular weight is 382 g/mol. The fourth-order valence-electron chi connectivity index (χ4n) is 2.94. The normalized spacial score (nSPS) is 22.4. The van der Waals surface area contributed by atoms with E-state index in [1.54, 1.807) is 4.90 Å². The molecule has 1 N–H and O–H groups in total. The molecule has 0 bridgehead atoms. The number of morpholine rings is 1. The predicted octanol–water partition coefficient (Wildman–Crippen LogP) is 1.47. The highest BCUT2D eigenvalue weighted by atomic mass is 79.9. The lowest BCUT2D eigenvalue weighted by Crippen LogP contribution is -2.51.